The van der Waals surface area contributed by atoms with Gasteiger partial charge in [0.1, 0.15) is 0 Å². The van der Waals surface area contributed by atoms with E-state index in [0.29, 0.717) is 5.92 Å². The molecule has 0 aliphatic carbocycles. The van der Waals surface area contributed by atoms with Crippen molar-refractivity contribution in [2.45, 2.75) is 31.8 Å². The molecule has 0 aromatic heterocycles. The molecule has 2 N–H and O–H groups in total. The summed E-state index contributed by atoms with van der Waals surface area (Å²) in [5.74, 6) is 1.23. The highest BCUT2D eigenvalue weighted by Crippen LogP contribution is 2.24. The van der Waals surface area contributed by atoms with Gasteiger partial charge in [0.05, 0.1) is 6.10 Å². The fourth-order valence-corrected chi connectivity index (χ4v) is 2.46. The van der Waals surface area contributed by atoms with E-state index in [1.807, 2.05) is 0 Å². The first-order chi connectivity index (χ1) is 6.86. The molecule has 0 saturated carbocycles. The molecule has 3 atom stereocenters. The minimum Gasteiger partial charge on any atom is -0.393 e. The Morgan fingerprint density at radius 2 is 2.21 bits per heavy atom. The van der Waals surface area contributed by atoms with Crippen LogP contribution in [0.3, 0.4) is 0 Å². The maximum Gasteiger partial charge on any atom is 0.0592 e. The summed E-state index contributed by atoms with van der Waals surface area (Å²) in [6.45, 7) is 3.85. The molecule has 0 bridgehead atoms. The topological polar surface area (TPSA) is 41.5 Å². The largest absolute Gasteiger partial charge is 0.393 e. The Bertz CT molecular complexity index is 169. The van der Waals surface area contributed by atoms with Gasteiger partial charge in [-0.05, 0) is 44.1 Å². The number of nitrogens with one attached hydrogen (secondary N) is 1. The molecular weight excluding hydrogens is 178 g/mol. The van der Waals surface area contributed by atoms with Crippen LogP contribution in [0.1, 0.15) is 25.7 Å². The monoisotopic (exact) mass is 199 g/mol. The standard InChI is InChI=1S/C11H21NO2/c13-11-3-5-12-7-10(11)2-1-9-4-6-14-8-9/h9-13H,1-8H2. The van der Waals surface area contributed by atoms with Crippen LogP contribution in [-0.2, 0) is 4.74 Å². The first kappa shape index (κ1) is 10.4. The molecule has 2 rings (SSSR count). The van der Waals surface area contributed by atoms with Gasteiger partial charge in [-0.3, -0.25) is 0 Å². The molecule has 2 aliphatic rings. The third kappa shape index (κ3) is 2.69. The second-order valence-corrected chi connectivity index (χ2v) is 4.63. The Hall–Kier alpha value is -0.120. The van der Waals surface area contributed by atoms with Crippen molar-refractivity contribution in [2.75, 3.05) is 26.3 Å². The van der Waals surface area contributed by atoms with Gasteiger partial charge < -0.3 is 15.2 Å². The van der Waals surface area contributed by atoms with Crippen LogP contribution in [0.2, 0.25) is 0 Å². The van der Waals surface area contributed by atoms with Gasteiger partial charge >= 0.3 is 0 Å². The van der Waals surface area contributed by atoms with Crippen molar-refractivity contribution in [1.29, 1.82) is 0 Å². The smallest absolute Gasteiger partial charge is 0.0592 e. The van der Waals surface area contributed by atoms with Gasteiger partial charge in [0.25, 0.3) is 0 Å². The second kappa shape index (κ2) is 5.10. The molecule has 3 nitrogen and oxygen atoms in total. The zero-order valence-corrected chi connectivity index (χ0v) is 8.74. The van der Waals surface area contributed by atoms with Crippen molar-refractivity contribution in [3.8, 4) is 0 Å². The highest BCUT2D eigenvalue weighted by molar-refractivity contribution is 4.78. The number of ether oxygens (including phenoxy) is 1. The molecule has 0 aromatic carbocycles. The maximum atomic E-state index is 9.77. The SMILES string of the molecule is OC1CCNCC1CCC1CCOC1. The summed E-state index contributed by atoms with van der Waals surface area (Å²) >= 11 is 0. The Labute approximate surface area is 85.8 Å². The highest BCUT2D eigenvalue weighted by Gasteiger charge is 2.24. The zero-order chi connectivity index (χ0) is 9.80. The summed E-state index contributed by atoms with van der Waals surface area (Å²) in [6.07, 6.45) is 4.45. The molecule has 82 valence electrons. The average Bonchev–Trinajstić information content (AvgIpc) is 2.69. The third-order valence-electron chi connectivity index (χ3n) is 3.54. The van der Waals surface area contributed by atoms with E-state index < -0.39 is 0 Å². The summed E-state index contributed by atoms with van der Waals surface area (Å²) in [5.41, 5.74) is 0. The molecule has 0 radical (unpaired) electrons. The van der Waals surface area contributed by atoms with Crippen LogP contribution in [0.25, 0.3) is 0 Å². The first-order valence-electron chi connectivity index (χ1n) is 5.83. The van der Waals surface area contributed by atoms with Crippen molar-refractivity contribution < 1.29 is 9.84 Å². The first-order valence-corrected chi connectivity index (χ1v) is 5.83. The Morgan fingerprint density at radius 1 is 1.29 bits per heavy atom. The molecule has 0 amide bonds. The molecule has 0 aromatic rings. The number of piperidine rings is 1. The van der Waals surface area contributed by atoms with E-state index in [2.05, 4.69) is 5.32 Å². The summed E-state index contributed by atoms with van der Waals surface area (Å²) in [4.78, 5) is 0. The van der Waals surface area contributed by atoms with Gasteiger partial charge in [-0.1, -0.05) is 0 Å². The minimum atomic E-state index is -0.0708. The molecule has 2 saturated heterocycles. The fraction of sp³-hybridized carbons (Fsp3) is 1.00. The summed E-state index contributed by atoms with van der Waals surface area (Å²) in [6, 6.07) is 0. The van der Waals surface area contributed by atoms with E-state index in [4.69, 9.17) is 4.74 Å². The van der Waals surface area contributed by atoms with Crippen LogP contribution in [0, 0.1) is 11.8 Å². The van der Waals surface area contributed by atoms with Crippen molar-refractivity contribution >= 4 is 0 Å². The minimum absolute atomic E-state index is 0.0708. The van der Waals surface area contributed by atoms with E-state index in [0.717, 1.165) is 45.1 Å². The second-order valence-electron chi connectivity index (χ2n) is 4.63. The predicted octanol–water partition coefficient (Wildman–Crippen LogP) is 0.773. The lowest BCUT2D eigenvalue weighted by atomic mass is 9.88. The van der Waals surface area contributed by atoms with Crippen LogP contribution in [-0.4, -0.2) is 37.5 Å². The van der Waals surface area contributed by atoms with Crippen LogP contribution < -0.4 is 5.32 Å². The van der Waals surface area contributed by atoms with Gasteiger partial charge in [-0.15, -0.1) is 0 Å². The number of rotatable bonds is 3. The van der Waals surface area contributed by atoms with Crippen LogP contribution in [0.4, 0.5) is 0 Å². The van der Waals surface area contributed by atoms with Gasteiger partial charge in [0.15, 0.2) is 0 Å². The number of aliphatic hydroxyl groups is 1. The quantitative estimate of drug-likeness (QED) is 0.705. The van der Waals surface area contributed by atoms with Crippen LogP contribution in [0.5, 0.6) is 0 Å². The van der Waals surface area contributed by atoms with E-state index in [-0.39, 0.29) is 6.10 Å². The molecule has 2 fully saturated rings. The van der Waals surface area contributed by atoms with Crippen molar-refractivity contribution in [3.63, 3.8) is 0 Å². The van der Waals surface area contributed by atoms with E-state index in [1.165, 1.54) is 12.8 Å². The third-order valence-corrected chi connectivity index (χ3v) is 3.54. The summed E-state index contributed by atoms with van der Waals surface area (Å²) in [5, 5.41) is 13.1. The van der Waals surface area contributed by atoms with Gasteiger partial charge in [0.2, 0.25) is 0 Å². The lowest BCUT2D eigenvalue weighted by Gasteiger charge is -2.28. The van der Waals surface area contributed by atoms with Gasteiger partial charge in [0, 0.05) is 19.8 Å². The molecule has 2 heterocycles. The average molecular weight is 199 g/mol. The number of hydrogen-bond acceptors (Lipinski definition) is 3. The normalized spacial score (nSPS) is 38.8. The molecule has 3 unspecified atom stereocenters. The zero-order valence-electron chi connectivity index (χ0n) is 8.74. The van der Waals surface area contributed by atoms with Gasteiger partial charge in [-0.25, -0.2) is 0 Å². The van der Waals surface area contributed by atoms with Crippen molar-refractivity contribution in [3.05, 3.63) is 0 Å². The molecule has 0 spiro atoms. The van der Waals surface area contributed by atoms with E-state index in [9.17, 15) is 5.11 Å². The van der Waals surface area contributed by atoms with Gasteiger partial charge in [-0.2, -0.15) is 0 Å². The van der Waals surface area contributed by atoms with Crippen molar-refractivity contribution in [1.82, 2.24) is 5.32 Å². The molecule has 14 heavy (non-hydrogen) atoms. The molecule has 2 aliphatic heterocycles. The number of hydrogen-bond donors (Lipinski definition) is 2. The predicted molar refractivity (Wildman–Crippen MR) is 55.1 cm³/mol. The van der Waals surface area contributed by atoms with E-state index >= 15 is 0 Å². The maximum absolute atomic E-state index is 9.77. The molecular formula is C11H21NO2. The Kier molecular flexibility index (Phi) is 3.79. The number of aliphatic hydroxyl groups excluding tert-OH is 1. The lowest BCUT2D eigenvalue weighted by molar-refractivity contribution is 0.0702. The molecule has 3 heteroatoms. The summed E-state index contributed by atoms with van der Waals surface area (Å²) in [7, 11) is 0. The van der Waals surface area contributed by atoms with Crippen molar-refractivity contribution in [2.24, 2.45) is 11.8 Å². The van der Waals surface area contributed by atoms with Crippen LogP contribution >= 0.6 is 0 Å². The van der Waals surface area contributed by atoms with E-state index in [1.54, 1.807) is 0 Å². The highest BCUT2D eigenvalue weighted by atomic mass is 16.5. The summed E-state index contributed by atoms with van der Waals surface area (Å²) < 4.78 is 5.35. The fourth-order valence-electron chi connectivity index (χ4n) is 2.46. The Morgan fingerprint density at radius 3 is 2.93 bits per heavy atom. The van der Waals surface area contributed by atoms with Crippen LogP contribution in [0.15, 0.2) is 0 Å². The lowest BCUT2D eigenvalue weighted by Crippen LogP contribution is -2.39. The Balaban J connectivity index is 1.67.